The van der Waals surface area contributed by atoms with E-state index in [-0.39, 0.29) is 18.9 Å². The third-order valence-electron chi connectivity index (χ3n) is 6.19. The molecule has 0 unspecified atom stereocenters. The maximum absolute atomic E-state index is 13.4. The second kappa shape index (κ2) is 10.3. The number of unbranched alkanes of at least 4 members (excludes halogenated alkanes) is 2. The Labute approximate surface area is 212 Å². The number of hydrogen-bond donors (Lipinski definition) is 1. The fourth-order valence-electron chi connectivity index (χ4n) is 4.51. The topological polar surface area (TPSA) is 84.0 Å². The van der Waals surface area contributed by atoms with E-state index in [4.69, 9.17) is 11.6 Å². The molecule has 1 atom stereocenters. The highest BCUT2D eigenvalue weighted by molar-refractivity contribution is 6.31. The number of hydrogen-bond acceptors (Lipinski definition) is 6. The molecule has 3 aromatic rings. The molecule has 4 rings (SSSR count). The van der Waals surface area contributed by atoms with Gasteiger partial charge in [0.05, 0.1) is 13.2 Å². The van der Waals surface area contributed by atoms with E-state index in [0.717, 1.165) is 16.5 Å². The number of aromatic amines is 1. The van der Waals surface area contributed by atoms with Crippen molar-refractivity contribution in [3.8, 4) is 0 Å². The standard InChI is InChI=1S/C23H22ClF6N5O2/c1-37-17(36)6-4-2-3-5-16-18-13(14-11-12(24)7-8-15(14)31-18)9-10-35(16)21-33-19(22(25,26)27)32-20(34-21)23(28,29)30/h7-8,11,16,31H,2-6,9-10H2,1H3/t16-/m0/s1. The van der Waals surface area contributed by atoms with Gasteiger partial charge in [0.25, 0.3) is 0 Å². The van der Waals surface area contributed by atoms with Gasteiger partial charge in [-0.1, -0.05) is 24.4 Å². The summed E-state index contributed by atoms with van der Waals surface area (Å²) < 4.78 is 85.0. The van der Waals surface area contributed by atoms with Gasteiger partial charge < -0.3 is 14.6 Å². The summed E-state index contributed by atoms with van der Waals surface area (Å²) in [4.78, 5) is 25.4. The average molecular weight is 550 g/mol. The van der Waals surface area contributed by atoms with E-state index in [1.807, 2.05) is 0 Å². The van der Waals surface area contributed by atoms with E-state index >= 15 is 0 Å². The van der Waals surface area contributed by atoms with Crippen molar-refractivity contribution in [1.29, 1.82) is 0 Å². The number of carbonyl (C=O) groups is 1. The SMILES string of the molecule is COC(=O)CCCCC[C@H]1c2[nH]c3ccc(Cl)cc3c2CCN1c1nc(C(F)(F)F)nc(C(F)(F)F)n1. The number of nitrogens with zero attached hydrogens (tertiary/aromatic N) is 4. The van der Waals surface area contributed by atoms with Gasteiger partial charge in [0, 0.05) is 34.6 Å². The fraction of sp³-hybridized carbons (Fsp3) is 0.478. The summed E-state index contributed by atoms with van der Waals surface area (Å²) in [5.74, 6) is -4.87. The van der Waals surface area contributed by atoms with Gasteiger partial charge in [-0.2, -0.15) is 36.3 Å². The van der Waals surface area contributed by atoms with Gasteiger partial charge in [-0.25, -0.2) is 4.98 Å². The second-order valence-electron chi connectivity index (χ2n) is 8.62. The summed E-state index contributed by atoms with van der Waals surface area (Å²) in [6.07, 6.45) is -7.84. The minimum Gasteiger partial charge on any atom is -0.469 e. The number of rotatable bonds is 7. The summed E-state index contributed by atoms with van der Waals surface area (Å²) >= 11 is 6.15. The van der Waals surface area contributed by atoms with Crippen LogP contribution in [0.4, 0.5) is 32.3 Å². The van der Waals surface area contributed by atoms with E-state index in [1.54, 1.807) is 18.2 Å². The van der Waals surface area contributed by atoms with E-state index in [2.05, 4.69) is 24.7 Å². The molecule has 0 fully saturated rings. The summed E-state index contributed by atoms with van der Waals surface area (Å²) in [6, 6.07) is 4.57. The van der Waals surface area contributed by atoms with Crippen LogP contribution in [0.5, 0.6) is 0 Å². The average Bonchev–Trinajstić information content (AvgIpc) is 3.20. The monoisotopic (exact) mass is 549 g/mol. The zero-order valence-electron chi connectivity index (χ0n) is 19.5. The van der Waals surface area contributed by atoms with Crippen LogP contribution in [0.1, 0.15) is 61.1 Å². The molecule has 0 spiro atoms. The molecule has 37 heavy (non-hydrogen) atoms. The molecular formula is C23H22ClF6N5O2. The van der Waals surface area contributed by atoms with Crippen molar-refractivity contribution >= 4 is 34.4 Å². The first-order chi connectivity index (χ1) is 17.4. The number of carbonyl (C=O) groups excluding carboxylic acids is 1. The molecule has 1 aliphatic heterocycles. The summed E-state index contributed by atoms with van der Waals surface area (Å²) in [5, 5.41) is 1.33. The van der Waals surface area contributed by atoms with E-state index in [0.29, 0.717) is 42.8 Å². The number of methoxy groups -OCH3 is 1. The lowest BCUT2D eigenvalue weighted by Crippen LogP contribution is -2.38. The van der Waals surface area contributed by atoms with Crippen molar-refractivity contribution in [2.45, 2.75) is 56.9 Å². The Morgan fingerprint density at radius 3 is 2.38 bits per heavy atom. The molecule has 0 radical (unpaired) electrons. The van der Waals surface area contributed by atoms with Gasteiger partial charge in [-0.3, -0.25) is 4.79 Å². The lowest BCUT2D eigenvalue weighted by molar-refractivity contribution is -0.155. The maximum atomic E-state index is 13.4. The third-order valence-corrected chi connectivity index (χ3v) is 6.42. The maximum Gasteiger partial charge on any atom is 0.451 e. The van der Waals surface area contributed by atoms with Crippen LogP contribution in [-0.2, 0) is 28.3 Å². The first kappa shape index (κ1) is 27.0. The molecule has 0 bridgehead atoms. The zero-order chi connectivity index (χ0) is 27.0. The Balaban J connectivity index is 1.73. The lowest BCUT2D eigenvalue weighted by Gasteiger charge is -2.36. The van der Waals surface area contributed by atoms with Crippen molar-refractivity contribution in [3.05, 3.63) is 46.1 Å². The number of benzene rings is 1. The van der Waals surface area contributed by atoms with E-state index in [9.17, 15) is 31.1 Å². The quantitative estimate of drug-likeness (QED) is 0.212. The molecule has 0 saturated carbocycles. The number of anilines is 1. The number of H-pyrrole nitrogens is 1. The Morgan fingerprint density at radius 1 is 1.08 bits per heavy atom. The molecule has 200 valence electrons. The molecule has 0 aliphatic carbocycles. The number of esters is 1. The smallest absolute Gasteiger partial charge is 0.451 e. The molecule has 14 heteroatoms. The third kappa shape index (κ3) is 5.91. The Morgan fingerprint density at radius 2 is 1.76 bits per heavy atom. The molecule has 1 N–H and O–H groups in total. The largest absolute Gasteiger partial charge is 0.469 e. The normalized spacial score (nSPS) is 16.2. The molecule has 0 saturated heterocycles. The van der Waals surface area contributed by atoms with Crippen LogP contribution in [0.25, 0.3) is 10.9 Å². The van der Waals surface area contributed by atoms with Gasteiger partial charge in [0.2, 0.25) is 17.6 Å². The van der Waals surface area contributed by atoms with Gasteiger partial charge in [-0.15, -0.1) is 0 Å². The van der Waals surface area contributed by atoms with Crippen molar-refractivity contribution in [2.75, 3.05) is 18.6 Å². The Hall–Kier alpha value is -3.09. The molecular weight excluding hydrogens is 528 g/mol. The van der Waals surface area contributed by atoms with Gasteiger partial charge in [-0.05, 0) is 43.0 Å². The molecule has 7 nitrogen and oxygen atoms in total. The summed E-state index contributed by atoms with van der Waals surface area (Å²) in [6.45, 7) is 0.0813. The van der Waals surface area contributed by atoms with Crippen LogP contribution in [-0.4, -0.2) is 39.6 Å². The molecule has 1 aliphatic rings. The van der Waals surface area contributed by atoms with Crippen LogP contribution in [0.3, 0.4) is 0 Å². The van der Waals surface area contributed by atoms with Crippen molar-refractivity contribution in [2.24, 2.45) is 0 Å². The number of ether oxygens (including phenoxy) is 1. The predicted octanol–water partition coefficient (Wildman–Crippen LogP) is 6.27. The van der Waals surface area contributed by atoms with Crippen LogP contribution in [0.15, 0.2) is 18.2 Å². The van der Waals surface area contributed by atoms with Crippen molar-refractivity contribution in [1.82, 2.24) is 19.9 Å². The van der Waals surface area contributed by atoms with Crippen LogP contribution >= 0.6 is 11.6 Å². The molecule has 2 aromatic heterocycles. The number of nitrogens with one attached hydrogen (secondary N) is 1. The molecule has 1 aromatic carbocycles. The molecule has 0 amide bonds. The minimum atomic E-state index is -5.19. The summed E-state index contributed by atoms with van der Waals surface area (Å²) in [5.41, 5.74) is 2.28. The molecule has 3 heterocycles. The Bertz CT molecular complexity index is 1260. The minimum absolute atomic E-state index is 0.0813. The highest BCUT2D eigenvalue weighted by Gasteiger charge is 2.43. The van der Waals surface area contributed by atoms with Gasteiger partial charge in [0.15, 0.2) is 0 Å². The van der Waals surface area contributed by atoms with Crippen LogP contribution in [0.2, 0.25) is 5.02 Å². The fourth-order valence-corrected chi connectivity index (χ4v) is 4.68. The van der Waals surface area contributed by atoms with Gasteiger partial charge in [0.1, 0.15) is 0 Å². The zero-order valence-corrected chi connectivity index (χ0v) is 20.3. The van der Waals surface area contributed by atoms with E-state index < -0.39 is 36.0 Å². The van der Waals surface area contributed by atoms with Crippen molar-refractivity contribution in [3.63, 3.8) is 0 Å². The second-order valence-corrected chi connectivity index (χ2v) is 9.06. The highest BCUT2D eigenvalue weighted by Crippen LogP contribution is 2.41. The highest BCUT2D eigenvalue weighted by atomic mass is 35.5. The Kier molecular flexibility index (Phi) is 7.54. The summed E-state index contributed by atoms with van der Waals surface area (Å²) in [7, 11) is 1.28. The number of alkyl halides is 6. The van der Waals surface area contributed by atoms with Gasteiger partial charge >= 0.3 is 18.3 Å². The number of fused-ring (bicyclic) bond motifs is 3. The van der Waals surface area contributed by atoms with Crippen LogP contribution in [0, 0.1) is 0 Å². The number of halogens is 7. The first-order valence-corrected chi connectivity index (χ1v) is 11.8. The lowest BCUT2D eigenvalue weighted by atomic mass is 9.93. The van der Waals surface area contributed by atoms with Crippen LogP contribution < -0.4 is 4.90 Å². The van der Waals surface area contributed by atoms with Crippen molar-refractivity contribution < 1.29 is 35.9 Å². The first-order valence-electron chi connectivity index (χ1n) is 11.4. The number of aromatic nitrogens is 4. The predicted molar refractivity (Wildman–Crippen MR) is 122 cm³/mol. The van der Waals surface area contributed by atoms with E-state index in [1.165, 1.54) is 12.0 Å².